The summed E-state index contributed by atoms with van der Waals surface area (Å²) in [6.45, 7) is -1.18. The highest BCUT2D eigenvalue weighted by atomic mass is 16.8. The average Bonchev–Trinajstić information content (AvgIpc) is 3.55. The summed E-state index contributed by atoms with van der Waals surface area (Å²) < 4.78 is 50.6. The van der Waals surface area contributed by atoms with Crippen LogP contribution in [0.2, 0.25) is 0 Å². The highest BCUT2D eigenvalue weighted by molar-refractivity contribution is 5.90. The number of rotatable bonds is 15. The predicted molar refractivity (Wildman–Crippen MR) is 207 cm³/mol. The third kappa shape index (κ3) is 10.2. The molecule has 3 heterocycles. The molecule has 0 amide bonds. The van der Waals surface area contributed by atoms with Gasteiger partial charge in [0.2, 0.25) is 12.1 Å². The smallest absolute Gasteiger partial charge is 0.338 e. The van der Waals surface area contributed by atoms with Gasteiger partial charge in [-0.2, -0.15) is 0 Å². The zero-order chi connectivity index (χ0) is 44.7. The molecule has 3 aromatic rings. The van der Waals surface area contributed by atoms with Gasteiger partial charge in [-0.15, -0.1) is 0 Å². The van der Waals surface area contributed by atoms with E-state index in [2.05, 4.69) is 0 Å². The second kappa shape index (κ2) is 20.4. The van der Waals surface area contributed by atoms with Crippen LogP contribution in [0, 0.1) is 0 Å². The molecule has 3 aromatic carbocycles. The van der Waals surface area contributed by atoms with Crippen molar-refractivity contribution in [3.8, 4) is 11.5 Å². The van der Waals surface area contributed by atoms with Crippen molar-refractivity contribution in [1.29, 1.82) is 0 Å². The Labute approximate surface area is 353 Å². The van der Waals surface area contributed by atoms with Crippen LogP contribution in [0.1, 0.15) is 33.2 Å². The fourth-order valence-electron chi connectivity index (χ4n) is 6.92. The molecule has 0 spiro atoms. The maximum Gasteiger partial charge on any atom is 0.338 e. The van der Waals surface area contributed by atoms with Crippen LogP contribution >= 0.6 is 0 Å². The quantitative estimate of drug-likeness (QED) is 0.0506. The molecule has 0 bridgehead atoms. The first-order valence-corrected chi connectivity index (χ1v) is 19.4. The Hall–Kier alpha value is -5.07. The summed E-state index contributed by atoms with van der Waals surface area (Å²) in [5.41, 5.74) is 0.551. The standard InChI is InChI=1S/C42H48O20/c1-21-30(46)32(48)34(50)40(56-21)57-25-15-13-22(17-26(25)54-2)14-16-29(45)59-36-28(19-55-38(52)23-9-5-3-6-10-23)58-41(35(51)33(36)49)62-42(20-44)37(31(47)27(18-43)61-42)60-39(53)24-11-7-4-8-12-24/h3-17,21,27-28,30-37,40-41,43-44,46-51H,18-20H2,1-2H3/b16-14+/t21-,27+,28+,30-,31+,32+,33+,34+,35+,36+,37-,40-,41+,42-/m0/s1. The lowest BCUT2D eigenvalue weighted by molar-refractivity contribution is -0.383. The van der Waals surface area contributed by atoms with E-state index >= 15 is 0 Å². The summed E-state index contributed by atoms with van der Waals surface area (Å²) in [5, 5.41) is 84.8. The van der Waals surface area contributed by atoms with E-state index < -0.39 is 123 Å². The zero-order valence-corrected chi connectivity index (χ0v) is 33.3. The molecule has 0 radical (unpaired) electrons. The monoisotopic (exact) mass is 872 g/mol. The van der Waals surface area contributed by atoms with Gasteiger partial charge in [-0.1, -0.05) is 42.5 Å². The number of methoxy groups -OCH3 is 1. The van der Waals surface area contributed by atoms with E-state index in [9.17, 15) is 55.2 Å². The second-order valence-corrected chi connectivity index (χ2v) is 14.5. The van der Waals surface area contributed by atoms with Gasteiger partial charge in [0, 0.05) is 6.08 Å². The van der Waals surface area contributed by atoms with Crippen LogP contribution in [0.25, 0.3) is 6.08 Å². The van der Waals surface area contributed by atoms with Gasteiger partial charge < -0.3 is 83.5 Å². The molecule has 20 heteroatoms. The number of hydrogen-bond donors (Lipinski definition) is 8. The number of carbonyl (C=O) groups is 3. The highest BCUT2D eigenvalue weighted by Gasteiger charge is 2.61. The minimum Gasteiger partial charge on any atom is -0.493 e. The number of ether oxygens (including phenoxy) is 9. The average molecular weight is 873 g/mol. The number of aliphatic hydroxyl groups excluding tert-OH is 8. The first-order chi connectivity index (χ1) is 29.7. The first-order valence-electron chi connectivity index (χ1n) is 19.4. The van der Waals surface area contributed by atoms with E-state index in [-0.39, 0.29) is 22.6 Å². The Morgan fingerprint density at radius 1 is 0.710 bits per heavy atom. The third-order valence-corrected chi connectivity index (χ3v) is 10.4. The van der Waals surface area contributed by atoms with Gasteiger partial charge in [0.05, 0.1) is 30.9 Å². The van der Waals surface area contributed by atoms with Gasteiger partial charge in [0.15, 0.2) is 30.0 Å². The van der Waals surface area contributed by atoms with E-state index in [1.54, 1.807) is 36.4 Å². The van der Waals surface area contributed by atoms with E-state index in [1.165, 1.54) is 62.6 Å². The summed E-state index contributed by atoms with van der Waals surface area (Å²) in [7, 11) is 1.33. The van der Waals surface area contributed by atoms with Crippen LogP contribution in [0.4, 0.5) is 0 Å². The number of benzene rings is 3. The normalized spacial score (nSPS) is 33.4. The lowest BCUT2D eigenvalue weighted by Gasteiger charge is -2.44. The van der Waals surface area contributed by atoms with Gasteiger partial charge >= 0.3 is 17.9 Å². The number of carbonyl (C=O) groups excluding carboxylic acids is 3. The summed E-state index contributed by atoms with van der Waals surface area (Å²) in [4.78, 5) is 39.3. The van der Waals surface area contributed by atoms with Crippen LogP contribution in [0.3, 0.4) is 0 Å². The Morgan fingerprint density at radius 2 is 1.35 bits per heavy atom. The molecule has 3 aliphatic heterocycles. The third-order valence-electron chi connectivity index (χ3n) is 10.4. The fraction of sp³-hybridized carbons (Fsp3) is 0.452. The van der Waals surface area contributed by atoms with E-state index in [4.69, 9.17) is 42.6 Å². The molecule has 336 valence electrons. The van der Waals surface area contributed by atoms with Crippen molar-refractivity contribution in [2.75, 3.05) is 26.9 Å². The maximum atomic E-state index is 13.3. The van der Waals surface area contributed by atoms with E-state index in [0.29, 0.717) is 5.56 Å². The van der Waals surface area contributed by atoms with Gasteiger partial charge in [-0.3, -0.25) is 0 Å². The fourth-order valence-corrected chi connectivity index (χ4v) is 6.92. The Kier molecular flexibility index (Phi) is 15.3. The summed E-state index contributed by atoms with van der Waals surface area (Å²) in [5.74, 6) is -5.18. The van der Waals surface area contributed by atoms with Crippen molar-refractivity contribution in [2.24, 2.45) is 0 Å². The summed E-state index contributed by atoms with van der Waals surface area (Å²) >= 11 is 0. The maximum absolute atomic E-state index is 13.3. The summed E-state index contributed by atoms with van der Waals surface area (Å²) in [6, 6.07) is 19.7. The molecule has 20 nitrogen and oxygen atoms in total. The van der Waals surface area contributed by atoms with E-state index in [1.807, 2.05) is 0 Å². The van der Waals surface area contributed by atoms with Crippen LogP contribution in [-0.2, 0) is 38.0 Å². The molecule has 6 rings (SSSR count). The van der Waals surface area contributed by atoms with Crippen molar-refractivity contribution in [3.05, 3.63) is 102 Å². The van der Waals surface area contributed by atoms with Gasteiger partial charge in [-0.05, 0) is 55.0 Å². The van der Waals surface area contributed by atoms with Crippen LogP contribution < -0.4 is 9.47 Å². The topological polar surface area (TPSA) is 296 Å². The van der Waals surface area contributed by atoms with Gasteiger partial charge in [0.1, 0.15) is 62.0 Å². The largest absolute Gasteiger partial charge is 0.493 e. The molecule has 0 saturated carbocycles. The molecule has 3 aliphatic rings. The number of aliphatic hydroxyl groups is 8. The molecule has 3 fully saturated rings. The van der Waals surface area contributed by atoms with E-state index in [0.717, 1.165) is 6.08 Å². The molecular formula is C42H48O20. The molecule has 62 heavy (non-hydrogen) atoms. The van der Waals surface area contributed by atoms with Crippen molar-refractivity contribution >= 4 is 24.0 Å². The van der Waals surface area contributed by atoms with Crippen molar-refractivity contribution in [1.82, 2.24) is 0 Å². The Bertz CT molecular complexity index is 2000. The SMILES string of the molecule is COc1cc(/C=C/C(=O)O[C@H]2[C@H](O)[C@@H](O)[C@@H](O[C@]3(CO)O[C@H](CO)[C@@H](O)[C@@H]3OC(=O)c3ccccc3)O[C@@H]2COC(=O)c2ccccc2)ccc1O[C@@H]1O[C@@H](C)[C@H](O)[C@@H](O)[C@H]1O. The molecule has 8 N–H and O–H groups in total. The lowest BCUT2D eigenvalue weighted by Crippen LogP contribution is -2.64. The molecule has 0 unspecified atom stereocenters. The van der Waals surface area contributed by atoms with Gasteiger partial charge in [-0.25, -0.2) is 14.4 Å². The predicted octanol–water partition coefficient (Wildman–Crippen LogP) is -1.19. The van der Waals surface area contributed by atoms with Crippen LogP contribution in [-0.4, -0.2) is 171 Å². The molecular weight excluding hydrogens is 824 g/mol. The molecule has 3 saturated heterocycles. The molecule has 0 aliphatic carbocycles. The Morgan fingerprint density at radius 3 is 1.98 bits per heavy atom. The summed E-state index contributed by atoms with van der Waals surface area (Å²) in [6.07, 6.45) is -19.0. The first kappa shape index (κ1) is 46.4. The Balaban J connectivity index is 1.19. The van der Waals surface area contributed by atoms with Crippen LogP contribution in [0.15, 0.2) is 84.9 Å². The zero-order valence-electron chi connectivity index (χ0n) is 33.3. The molecule has 14 atom stereocenters. The number of esters is 3. The minimum atomic E-state index is -2.51. The number of hydrogen-bond acceptors (Lipinski definition) is 20. The lowest BCUT2D eigenvalue weighted by atomic mass is 9.98. The minimum absolute atomic E-state index is 0.0523. The highest BCUT2D eigenvalue weighted by Crippen LogP contribution is 2.39. The second-order valence-electron chi connectivity index (χ2n) is 14.5. The van der Waals surface area contributed by atoms with Crippen LogP contribution in [0.5, 0.6) is 11.5 Å². The van der Waals surface area contributed by atoms with Gasteiger partial charge in [0.25, 0.3) is 0 Å². The van der Waals surface area contributed by atoms with Crippen molar-refractivity contribution < 1.29 is 97.9 Å². The molecule has 0 aromatic heterocycles. The van der Waals surface area contributed by atoms with Crippen molar-refractivity contribution in [3.63, 3.8) is 0 Å². The van der Waals surface area contributed by atoms with Crippen molar-refractivity contribution in [2.45, 2.75) is 92.4 Å².